The quantitative estimate of drug-likeness (QED) is 0.793. The molecule has 4 heteroatoms. The highest BCUT2D eigenvalue weighted by Gasteiger charge is 2.26. The van der Waals surface area contributed by atoms with Gasteiger partial charge in [-0.25, -0.2) is 0 Å². The maximum absolute atomic E-state index is 12.7. The van der Waals surface area contributed by atoms with Gasteiger partial charge in [-0.05, 0) is 69.4 Å². The summed E-state index contributed by atoms with van der Waals surface area (Å²) in [6, 6.07) is 7.92. The predicted molar refractivity (Wildman–Crippen MR) is 104 cm³/mol. The molecule has 1 aromatic rings. The van der Waals surface area contributed by atoms with Crippen LogP contribution < -0.4 is 5.73 Å². The van der Waals surface area contributed by atoms with Crippen molar-refractivity contribution in [3.8, 4) is 0 Å². The topological polar surface area (TPSA) is 63.4 Å². The van der Waals surface area contributed by atoms with Gasteiger partial charge < -0.3 is 10.6 Å². The van der Waals surface area contributed by atoms with Gasteiger partial charge in [-0.3, -0.25) is 9.59 Å². The van der Waals surface area contributed by atoms with Gasteiger partial charge in [0.2, 0.25) is 5.91 Å². The Morgan fingerprint density at radius 1 is 0.962 bits per heavy atom. The number of carbonyl (C=O) groups excluding carboxylic acids is 2. The van der Waals surface area contributed by atoms with E-state index in [1.165, 1.54) is 6.42 Å². The molecule has 0 bridgehead atoms. The Balaban J connectivity index is 1.48. The molecule has 1 aromatic carbocycles. The first-order chi connectivity index (χ1) is 12.7. The number of ketones is 1. The maximum Gasteiger partial charge on any atom is 0.222 e. The number of likely N-dealkylation sites (tertiary alicyclic amines) is 1. The van der Waals surface area contributed by atoms with E-state index in [2.05, 4.69) is 0 Å². The number of hydrogen-bond donors (Lipinski definition) is 1. The van der Waals surface area contributed by atoms with Gasteiger partial charge in [-0.1, -0.05) is 24.3 Å². The molecule has 142 valence electrons. The summed E-state index contributed by atoms with van der Waals surface area (Å²) in [5.74, 6) is 1.29. The van der Waals surface area contributed by atoms with Crippen molar-refractivity contribution in [2.24, 2.45) is 17.6 Å². The summed E-state index contributed by atoms with van der Waals surface area (Å²) in [4.78, 5) is 27.0. The van der Waals surface area contributed by atoms with E-state index in [-0.39, 0.29) is 17.6 Å². The lowest BCUT2D eigenvalue weighted by atomic mass is 9.78. The third kappa shape index (κ3) is 4.94. The lowest BCUT2D eigenvalue weighted by molar-refractivity contribution is -0.132. The van der Waals surface area contributed by atoms with Crippen molar-refractivity contribution >= 4 is 11.7 Å². The standard InChI is InChI=1S/C22H32N2O2/c23-16-18-6-11-20(12-7-18)22(26)19-9-4-17(5-10-19)8-13-21(25)24-14-2-1-3-15-24/h4-5,9-10,18,20H,1-3,6-8,11-16,23H2. The first-order valence-corrected chi connectivity index (χ1v) is 10.3. The molecule has 0 unspecified atom stereocenters. The highest BCUT2D eigenvalue weighted by molar-refractivity contribution is 5.97. The number of benzene rings is 1. The molecule has 2 fully saturated rings. The van der Waals surface area contributed by atoms with Gasteiger partial charge in [0.15, 0.2) is 5.78 Å². The summed E-state index contributed by atoms with van der Waals surface area (Å²) in [7, 11) is 0. The zero-order valence-corrected chi connectivity index (χ0v) is 15.8. The zero-order valence-electron chi connectivity index (χ0n) is 15.8. The molecule has 0 radical (unpaired) electrons. The van der Waals surface area contributed by atoms with Gasteiger partial charge in [0.1, 0.15) is 0 Å². The molecule has 2 aliphatic rings. The molecule has 4 nitrogen and oxygen atoms in total. The van der Waals surface area contributed by atoms with E-state index < -0.39 is 0 Å². The Bertz CT molecular complexity index is 597. The highest BCUT2D eigenvalue weighted by Crippen LogP contribution is 2.30. The Morgan fingerprint density at radius 3 is 2.23 bits per heavy atom. The first-order valence-electron chi connectivity index (χ1n) is 10.3. The lowest BCUT2D eigenvalue weighted by Crippen LogP contribution is -2.35. The van der Waals surface area contributed by atoms with Gasteiger partial charge in [-0.15, -0.1) is 0 Å². The van der Waals surface area contributed by atoms with Crippen molar-refractivity contribution in [1.82, 2.24) is 4.90 Å². The van der Waals surface area contributed by atoms with Crippen LogP contribution in [0.1, 0.15) is 67.3 Å². The van der Waals surface area contributed by atoms with Crippen molar-refractivity contribution in [3.05, 3.63) is 35.4 Å². The minimum absolute atomic E-state index is 0.157. The summed E-state index contributed by atoms with van der Waals surface area (Å²) < 4.78 is 0. The van der Waals surface area contributed by atoms with E-state index in [1.807, 2.05) is 29.2 Å². The van der Waals surface area contributed by atoms with E-state index >= 15 is 0 Å². The van der Waals surface area contributed by atoms with E-state index in [9.17, 15) is 9.59 Å². The number of hydrogen-bond acceptors (Lipinski definition) is 3. The Kier molecular flexibility index (Phi) is 6.84. The number of piperidine rings is 1. The van der Waals surface area contributed by atoms with E-state index in [0.29, 0.717) is 12.3 Å². The number of amides is 1. The van der Waals surface area contributed by atoms with Crippen LogP contribution >= 0.6 is 0 Å². The number of nitrogens with zero attached hydrogens (tertiary/aromatic N) is 1. The summed E-state index contributed by atoms with van der Waals surface area (Å²) in [6.45, 7) is 2.57. The molecule has 26 heavy (non-hydrogen) atoms. The van der Waals surface area contributed by atoms with Crippen molar-refractivity contribution < 1.29 is 9.59 Å². The number of carbonyl (C=O) groups is 2. The van der Waals surface area contributed by atoms with Crippen molar-refractivity contribution in [1.29, 1.82) is 0 Å². The molecular weight excluding hydrogens is 324 g/mol. The monoisotopic (exact) mass is 356 g/mol. The molecular formula is C22H32N2O2. The third-order valence-corrected chi connectivity index (χ3v) is 6.13. The normalized spacial score (nSPS) is 23.7. The van der Waals surface area contributed by atoms with E-state index in [1.54, 1.807) is 0 Å². The summed E-state index contributed by atoms with van der Waals surface area (Å²) in [6.07, 6.45) is 8.91. The van der Waals surface area contributed by atoms with Crippen LogP contribution in [0, 0.1) is 11.8 Å². The number of nitrogens with two attached hydrogens (primary N) is 1. The van der Waals surface area contributed by atoms with Crippen LogP contribution in [0.2, 0.25) is 0 Å². The first kappa shape index (κ1) is 19.1. The molecule has 2 N–H and O–H groups in total. The van der Waals surface area contributed by atoms with Gasteiger partial charge in [-0.2, -0.15) is 0 Å². The van der Waals surface area contributed by atoms with E-state index in [0.717, 1.165) is 75.7 Å². The average Bonchev–Trinajstić information content (AvgIpc) is 2.72. The van der Waals surface area contributed by atoms with Crippen molar-refractivity contribution in [2.45, 2.75) is 57.8 Å². The third-order valence-electron chi connectivity index (χ3n) is 6.13. The largest absolute Gasteiger partial charge is 0.343 e. The number of rotatable bonds is 6. The second kappa shape index (κ2) is 9.31. The van der Waals surface area contributed by atoms with Gasteiger partial charge in [0, 0.05) is 31.0 Å². The van der Waals surface area contributed by atoms with Gasteiger partial charge in [0.25, 0.3) is 0 Å². The van der Waals surface area contributed by atoms with Crippen LogP contribution in [-0.4, -0.2) is 36.2 Å². The van der Waals surface area contributed by atoms with Crippen LogP contribution in [0.3, 0.4) is 0 Å². The predicted octanol–water partition coefficient (Wildman–Crippen LogP) is 3.58. The molecule has 1 saturated heterocycles. The van der Waals surface area contributed by atoms with Crippen LogP contribution in [0.15, 0.2) is 24.3 Å². The van der Waals surface area contributed by atoms with Gasteiger partial charge >= 0.3 is 0 Å². The Labute approximate surface area is 157 Å². The van der Waals surface area contributed by atoms with E-state index in [4.69, 9.17) is 5.73 Å². The molecule has 0 atom stereocenters. The molecule has 3 rings (SSSR count). The second-order valence-corrected chi connectivity index (χ2v) is 7.96. The van der Waals surface area contributed by atoms with Crippen LogP contribution in [0.5, 0.6) is 0 Å². The molecule has 0 spiro atoms. The summed E-state index contributed by atoms with van der Waals surface area (Å²) >= 11 is 0. The maximum atomic E-state index is 12.7. The SMILES string of the molecule is NCC1CCC(C(=O)c2ccc(CCC(=O)N3CCCCC3)cc2)CC1. The molecule has 1 aliphatic carbocycles. The fourth-order valence-electron chi connectivity index (χ4n) is 4.28. The molecule has 0 aromatic heterocycles. The number of Topliss-reactive ketones (excluding diaryl/α,β-unsaturated/α-hetero) is 1. The fourth-order valence-corrected chi connectivity index (χ4v) is 4.28. The molecule has 1 heterocycles. The van der Waals surface area contributed by atoms with Crippen LogP contribution in [0.25, 0.3) is 0 Å². The number of aryl methyl sites for hydroxylation is 1. The van der Waals surface area contributed by atoms with Gasteiger partial charge in [0.05, 0.1) is 0 Å². The molecule has 1 amide bonds. The molecule has 1 aliphatic heterocycles. The minimum Gasteiger partial charge on any atom is -0.343 e. The summed E-state index contributed by atoms with van der Waals surface area (Å²) in [5.41, 5.74) is 7.69. The lowest BCUT2D eigenvalue weighted by Gasteiger charge is -2.27. The smallest absolute Gasteiger partial charge is 0.222 e. The second-order valence-electron chi connectivity index (χ2n) is 7.96. The highest BCUT2D eigenvalue weighted by atomic mass is 16.2. The molecule has 1 saturated carbocycles. The van der Waals surface area contributed by atoms with Crippen LogP contribution in [0.4, 0.5) is 0 Å². The Morgan fingerprint density at radius 2 is 1.62 bits per heavy atom. The zero-order chi connectivity index (χ0) is 18.4. The minimum atomic E-state index is 0.157. The van der Waals surface area contributed by atoms with Crippen molar-refractivity contribution in [3.63, 3.8) is 0 Å². The van der Waals surface area contributed by atoms with Crippen LogP contribution in [-0.2, 0) is 11.2 Å². The summed E-state index contributed by atoms with van der Waals surface area (Å²) in [5, 5.41) is 0. The average molecular weight is 357 g/mol. The Hall–Kier alpha value is -1.68. The fraction of sp³-hybridized carbons (Fsp3) is 0.636. The van der Waals surface area contributed by atoms with Crippen molar-refractivity contribution in [2.75, 3.05) is 19.6 Å².